The van der Waals surface area contributed by atoms with Crippen LogP contribution in [0.1, 0.15) is 77.2 Å². The minimum Gasteiger partial charge on any atom is -0.494 e. The number of unbranched alkanes of at least 4 members (excludes halogenated alkanes) is 7. The number of nitrogens with zero attached hydrogens (tertiary/aromatic N) is 3. The maximum Gasteiger partial charge on any atom is 0.160 e. The molecule has 2 heterocycles. The van der Waals surface area contributed by atoms with Crippen LogP contribution < -0.4 is 4.74 Å². The largest absolute Gasteiger partial charge is 0.494 e. The minimum atomic E-state index is 0.727. The number of hydrogen-bond acceptors (Lipinski definition) is 4. The van der Waals surface area contributed by atoms with E-state index in [0.29, 0.717) is 0 Å². The first-order valence-corrected chi connectivity index (χ1v) is 12.3. The van der Waals surface area contributed by atoms with Gasteiger partial charge in [-0.3, -0.25) is 4.98 Å². The lowest BCUT2D eigenvalue weighted by Crippen LogP contribution is -1.97. The van der Waals surface area contributed by atoms with Gasteiger partial charge in [0.15, 0.2) is 5.82 Å². The Morgan fingerprint density at radius 2 is 1.28 bits per heavy atom. The molecule has 32 heavy (non-hydrogen) atoms. The molecule has 0 bridgehead atoms. The molecule has 0 saturated heterocycles. The summed E-state index contributed by atoms with van der Waals surface area (Å²) < 4.78 is 5.83. The van der Waals surface area contributed by atoms with Gasteiger partial charge in [-0.15, -0.1) is 0 Å². The van der Waals surface area contributed by atoms with Crippen molar-refractivity contribution in [1.29, 1.82) is 0 Å². The van der Waals surface area contributed by atoms with Crippen LogP contribution in [0.3, 0.4) is 0 Å². The van der Waals surface area contributed by atoms with Gasteiger partial charge in [-0.05, 0) is 61.2 Å². The van der Waals surface area contributed by atoms with Gasteiger partial charge >= 0.3 is 0 Å². The smallest absolute Gasteiger partial charge is 0.160 e. The molecule has 3 rings (SSSR count). The van der Waals surface area contributed by atoms with E-state index in [1.165, 1.54) is 56.9 Å². The van der Waals surface area contributed by atoms with Gasteiger partial charge in [0.05, 0.1) is 12.3 Å². The van der Waals surface area contributed by atoms with Gasteiger partial charge in [-0.1, -0.05) is 58.8 Å². The highest BCUT2D eigenvalue weighted by atomic mass is 16.5. The van der Waals surface area contributed by atoms with Crippen LogP contribution in [-0.4, -0.2) is 21.6 Å². The fourth-order valence-electron chi connectivity index (χ4n) is 3.70. The van der Waals surface area contributed by atoms with Crippen LogP contribution in [0.25, 0.3) is 22.6 Å². The number of hydrogen-bond donors (Lipinski definition) is 0. The van der Waals surface area contributed by atoms with E-state index >= 15 is 0 Å². The second kappa shape index (κ2) is 13.6. The number of benzene rings is 1. The fraction of sp³-hybridized carbons (Fsp3) is 0.464. The van der Waals surface area contributed by atoms with E-state index in [0.717, 1.165) is 47.8 Å². The Morgan fingerprint density at radius 1 is 0.625 bits per heavy atom. The molecule has 0 aliphatic carbocycles. The summed E-state index contributed by atoms with van der Waals surface area (Å²) in [4.78, 5) is 13.7. The Labute approximate surface area is 193 Å². The molecule has 0 saturated carbocycles. The summed E-state index contributed by atoms with van der Waals surface area (Å²) in [6, 6.07) is 12.2. The number of ether oxygens (including phenoxy) is 1. The van der Waals surface area contributed by atoms with Crippen LogP contribution in [0.2, 0.25) is 0 Å². The van der Waals surface area contributed by atoms with Gasteiger partial charge in [-0.25, -0.2) is 9.97 Å². The summed E-state index contributed by atoms with van der Waals surface area (Å²) in [7, 11) is 0. The van der Waals surface area contributed by atoms with E-state index in [-0.39, 0.29) is 0 Å². The number of rotatable bonds is 14. The molecule has 0 atom stereocenters. The molecule has 3 aromatic rings. The van der Waals surface area contributed by atoms with E-state index in [4.69, 9.17) is 4.74 Å². The van der Waals surface area contributed by atoms with E-state index in [9.17, 15) is 0 Å². The van der Waals surface area contributed by atoms with Crippen molar-refractivity contribution in [3.63, 3.8) is 0 Å². The van der Waals surface area contributed by atoms with Crippen LogP contribution in [0.5, 0.6) is 5.75 Å². The van der Waals surface area contributed by atoms with Crippen molar-refractivity contribution in [2.75, 3.05) is 6.61 Å². The molecule has 4 nitrogen and oxygen atoms in total. The number of pyridine rings is 1. The average Bonchev–Trinajstić information content (AvgIpc) is 2.85. The van der Waals surface area contributed by atoms with Crippen LogP contribution in [0.4, 0.5) is 0 Å². The van der Waals surface area contributed by atoms with Gasteiger partial charge < -0.3 is 4.74 Å². The minimum absolute atomic E-state index is 0.727. The van der Waals surface area contributed by atoms with Gasteiger partial charge in [0.2, 0.25) is 0 Å². The van der Waals surface area contributed by atoms with Crippen LogP contribution in [0.15, 0.2) is 55.0 Å². The zero-order valence-electron chi connectivity index (χ0n) is 19.7. The Bertz CT molecular complexity index is 813. The van der Waals surface area contributed by atoms with E-state index < -0.39 is 0 Å². The van der Waals surface area contributed by atoms with Gasteiger partial charge in [0, 0.05) is 29.7 Å². The molecule has 1 aromatic carbocycles. The van der Waals surface area contributed by atoms with Gasteiger partial charge in [-0.2, -0.15) is 0 Å². The Morgan fingerprint density at radius 3 is 1.94 bits per heavy atom. The van der Waals surface area contributed by atoms with E-state index in [2.05, 4.69) is 40.9 Å². The monoisotopic (exact) mass is 431 g/mol. The molecule has 0 aliphatic rings. The van der Waals surface area contributed by atoms with E-state index in [1.807, 2.05) is 42.9 Å². The third kappa shape index (κ3) is 7.74. The predicted molar refractivity (Wildman–Crippen MR) is 133 cm³/mol. The molecule has 0 N–H and O–H groups in total. The Hall–Kier alpha value is -2.75. The second-order valence-electron chi connectivity index (χ2n) is 8.44. The SMILES string of the molecule is CCCCCCCc1cnc(-c2ccc(-c3ccc(OCCCCCC)cc3)nc2)nc1. The van der Waals surface area contributed by atoms with Crippen molar-refractivity contribution in [2.24, 2.45) is 0 Å². The van der Waals surface area contributed by atoms with Crippen molar-refractivity contribution >= 4 is 0 Å². The quantitative estimate of drug-likeness (QED) is 0.246. The molecule has 0 aliphatic heterocycles. The molecular formula is C28H37N3O. The van der Waals surface area contributed by atoms with E-state index in [1.54, 1.807) is 0 Å². The first-order chi connectivity index (χ1) is 15.8. The summed E-state index contributed by atoms with van der Waals surface area (Å²) in [6.07, 6.45) is 18.1. The van der Waals surface area contributed by atoms with Gasteiger partial charge in [0.25, 0.3) is 0 Å². The average molecular weight is 432 g/mol. The summed E-state index contributed by atoms with van der Waals surface area (Å²) in [5.41, 5.74) is 4.17. The highest BCUT2D eigenvalue weighted by Gasteiger charge is 2.05. The lowest BCUT2D eigenvalue weighted by atomic mass is 10.1. The Balaban J connectivity index is 1.51. The van der Waals surface area contributed by atoms with Crippen LogP contribution >= 0.6 is 0 Å². The van der Waals surface area contributed by atoms with Crippen LogP contribution in [0, 0.1) is 0 Å². The summed E-state index contributed by atoms with van der Waals surface area (Å²) >= 11 is 0. The third-order valence-electron chi connectivity index (χ3n) is 5.71. The Kier molecular flexibility index (Phi) is 10.2. The van der Waals surface area contributed by atoms with Crippen molar-refractivity contribution in [1.82, 2.24) is 15.0 Å². The lowest BCUT2D eigenvalue weighted by Gasteiger charge is -2.08. The molecular weight excluding hydrogens is 394 g/mol. The summed E-state index contributed by atoms with van der Waals surface area (Å²) in [6.45, 7) is 5.25. The predicted octanol–water partition coefficient (Wildman–Crippen LogP) is 7.68. The highest BCUT2D eigenvalue weighted by molar-refractivity contribution is 5.63. The summed E-state index contributed by atoms with van der Waals surface area (Å²) in [5, 5.41) is 0. The number of aromatic nitrogens is 3. The molecule has 0 amide bonds. The topological polar surface area (TPSA) is 47.9 Å². The zero-order chi connectivity index (χ0) is 22.4. The first kappa shape index (κ1) is 23.9. The van der Waals surface area contributed by atoms with Crippen molar-refractivity contribution in [3.8, 4) is 28.4 Å². The standard InChI is InChI=1S/C28H37N3O/c1-3-5-7-9-10-12-23-20-30-28(31-21-23)25-15-18-27(29-22-25)24-13-16-26(17-14-24)32-19-11-8-6-4-2/h13-18,20-22H,3-12,19H2,1-2H3. The van der Waals surface area contributed by atoms with Crippen molar-refractivity contribution in [2.45, 2.75) is 78.1 Å². The lowest BCUT2D eigenvalue weighted by molar-refractivity contribution is 0.305. The van der Waals surface area contributed by atoms with Crippen LogP contribution in [-0.2, 0) is 6.42 Å². The fourth-order valence-corrected chi connectivity index (χ4v) is 3.70. The molecule has 0 radical (unpaired) electrons. The molecule has 4 heteroatoms. The normalized spacial score (nSPS) is 10.9. The molecule has 0 spiro atoms. The highest BCUT2D eigenvalue weighted by Crippen LogP contribution is 2.23. The van der Waals surface area contributed by atoms with Gasteiger partial charge in [0.1, 0.15) is 5.75 Å². The third-order valence-corrected chi connectivity index (χ3v) is 5.71. The first-order valence-electron chi connectivity index (χ1n) is 12.3. The molecule has 2 aromatic heterocycles. The van der Waals surface area contributed by atoms with Crippen molar-refractivity contribution < 1.29 is 4.74 Å². The molecule has 0 unspecified atom stereocenters. The van der Waals surface area contributed by atoms with Crippen molar-refractivity contribution in [3.05, 3.63) is 60.6 Å². The number of aryl methyl sites for hydroxylation is 1. The summed E-state index contributed by atoms with van der Waals surface area (Å²) in [5.74, 6) is 1.64. The molecule has 170 valence electrons. The maximum absolute atomic E-state index is 5.83. The zero-order valence-corrected chi connectivity index (χ0v) is 19.7. The maximum atomic E-state index is 5.83. The molecule has 0 fully saturated rings. The second-order valence-corrected chi connectivity index (χ2v) is 8.44.